The fourth-order valence-corrected chi connectivity index (χ4v) is 4.39. The van der Waals surface area contributed by atoms with E-state index in [0.29, 0.717) is 12.2 Å². The van der Waals surface area contributed by atoms with Crippen LogP contribution in [-0.4, -0.2) is 61.3 Å². The molecule has 0 amide bonds. The van der Waals surface area contributed by atoms with Gasteiger partial charge in [-0.2, -0.15) is 0 Å². The molecule has 0 aromatic carbocycles. The minimum atomic E-state index is -2.95. The summed E-state index contributed by atoms with van der Waals surface area (Å²) in [5.41, 5.74) is -0.745. The number of methoxy groups -OCH3 is 1. The van der Waals surface area contributed by atoms with Crippen molar-refractivity contribution in [2.45, 2.75) is 51.5 Å². The number of nitrogens with zero attached hydrogens (tertiary/aromatic N) is 1. The summed E-state index contributed by atoms with van der Waals surface area (Å²) in [4.78, 5) is 26.5. The van der Waals surface area contributed by atoms with Gasteiger partial charge in [0.2, 0.25) is 0 Å². The number of nitrogens with one attached hydrogen (secondary N) is 1. The number of alkyl halides is 1. The minimum absolute atomic E-state index is 0.0507. The third-order valence-corrected chi connectivity index (χ3v) is 6.85. The molecule has 0 saturated carbocycles. The Bertz CT molecular complexity index is 848. The molecular formula is C19H32FN2O6P. The van der Waals surface area contributed by atoms with E-state index in [1.807, 2.05) is 13.8 Å². The third kappa shape index (κ3) is 5.66. The predicted octanol–water partition coefficient (Wildman–Crippen LogP) is 2.35. The number of H-pyrrole nitrogens is 1. The average Bonchev–Trinajstić information content (AvgIpc) is 2.95. The SMILES string of the molecule is COCCO[C@@H]1C(C(C)C)[C@@H](CC(F)P(C)(C)=O)O[C@H]1n1cc(C)c(=O)[nH]c1=O. The fraction of sp³-hybridized carbons (Fsp3) is 0.789. The monoisotopic (exact) mass is 434 g/mol. The van der Waals surface area contributed by atoms with Crippen molar-refractivity contribution in [1.82, 2.24) is 9.55 Å². The first-order chi connectivity index (χ1) is 13.5. The second-order valence-corrected chi connectivity index (χ2v) is 11.7. The summed E-state index contributed by atoms with van der Waals surface area (Å²) in [7, 11) is -1.40. The highest BCUT2D eigenvalue weighted by Gasteiger charge is 2.49. The maximum absolute atomic E-state index is 14.6. The Morgan fingerprint density at radius 2 is 1.97 bits per heavy atom. The van der Waals surface area contributed by atoms with Crippen LogP contribution in [0.25, 0.3) is 0 Å². The number of rotatable bonds is 9. The zero-order valence-corrected chi connectivity index (χ0v) is 18.8. The van der Waals surface area contributed by atoms with Crippen molar-refractivity contribution < 1.29 is 23.2 Å². The Morgan fingerprint density at radius 1 is 1.31 bits per heavy atom. The van der Waals surface area contributed by atoms with E-state index < -0.39 is 42.7 Å². The predicted molar refractivity (Wildman–Crippen MR) is 109 cm³/mol. The maximum Gasteiger partial charge on any atom is 0.330 e. The van der Waals surface area contributed by atoms with Crippen molar-refractivity contribution in [3.05, 3.63) is 32.6 Å². The second-order valence-electron chi connectivity index (χ2n) is 8.30. The van der Waals surface area contributed by atoms with Gasteiger partial charge in [0.15, 0.2) is 12.1 Å². The summed E-state index contributed by atoms with van der Waals surface area (Å²) < 4.78 is 45.3. The van der Waals surface area contributed by atoms with Crippen LogP contribution in [0.15, 0.2) is 15.8 Å². The molecule has 0 aliphatic carbocycles. The Hall–Kier alpha value is -1.28. The number of halogens is 1. The fourth-order valence-electron chi connectivity index (χ4n) is 3.68. The van der Waals surface area contributed by atoms with Crippen LogP contribution in [0.4, 0.5) is 4.39 Å². The van der Waals surface area contributed by atoms with Gasteiger partial charge in [-0.15, -0.1) is 0 Å². The van der Waals surface area contributed by atoms with Gasteiger partial charge in [0.1, 0.15) is 13.2 Å². The van der Waals surface area contributed by atoms with E-state index in [0.717, 1.165) is 0 Å². The summed E-state index contributed by atoms with van der Waals surface area (Å²) in [6, 6.07) is 0. The lowest BCUT2D eigenvalue weighted by Gasteiger charge is -2.28. The van der Waals surface area contributed by atoms with Crippen molar-refractivity contribution in [2.24, 2.45) is 11.8 Å². The number of aryl methyl sites for hydroxylation is 1. The largest absolute Gasteiger partial charge is 0.382 e. The molecule has 1 N–H and O–H groups in total. The molecule has 1 aromatic heterocycles. The van der Waals surface area contributed by atoms with Crippen LogP contribution < -0.4 is 11.2 Å². The smallest absolute Gasteiger partial charge is 0.330 e. The van der Waals surface area contributed by atoms with Crippen molar-refractivity contribution >= 4 is 7.14 Å². The van der Waals surface area contributed by atoms with E-state index in [2.05, 4.69) is 4.98 Å². The van der Waals surface area contributed by atoms with Crippen LogP contribution in [0.5, 0.6) is 0 Å². The van der Waals surface area contributed by atoms with Gasteiger partial charge >= 0.3 is 5.69 Å². The molecular weight excluding hydrogens is 402 g/mol. The highest BCUT2D eigenvalue weighted by Crippen LogP contribution is 2.49. The van der Waals surface area contributed by atoms with Crippen molar-refractivity contribution in [3.63, 3.8) is 0 Å². The van der Waals surface area contributed by atoms with Gasteiger partial charge in [0.25, 0.3) is 5.56 Å². The Kier molecular flexibility index (Phi) is 8.01. The van der Waals surface area contributed by atoms with Crippen LogP contribution in [0.1, 0.15) is 32.1 Å². The molecule has 8 nitrogen and oxygen atoms in total. The van der Waals surface area contributed by atoms with Crippen molar-refractivity contribution in [3.8, 4) is 0 Å². The number of hydrogen-bond donors (Lipinski definition) is 1. The van der Waals surface area contributed by atoms with Gasteiger partial charge < -0.3 is 18.8 Å². The topological polar surface area (TPSA) is 99.6 Å². The number of aromatic nitrogens is 2. The second kappa shape index (κ2) is 9.69. The lowest BCUT2D eigenvalue weighted by Crippen LogP contribution is -2.39. The van der Waals surface area contributed by atoms with E-state index in [1.54, 1.807) is 14.0 Å². The number of aromatic amines is 1. The molecule has 1 fully saturated rings. The first-order valence-electron chi connectivity index (χ1n) is 9.74. The van der Waals surface area contributed by atoms with Crippen LogP contribution >= 0.6 is 7.14 Å². The summed E-state index contributed by atoms with van der Waals surface area (Å²) in [6.45, 7) is 8.98. The Balaban J connectivity index is 2.44. The number of ether oxygens (including phenoxy) is 3. The molecule has 29 heavy (non-hydrogen) atoms. The third-order valence-electron chi connectivity index (χ3n) is 5.29. The summed E-state index contributed by atoms with van der Waals surface area (Å²) in [5.74, 6) is -1.70. The van der Waals surface area contributed by atoms with Crippen LogP contribution in [0.3, 0.4) is 0 Å². The van der Waals surface area contributed by atoms with Crippen molar-refractivity contribution in [1.29, 1.82) is 0 Å². The molecule has 1 aliphatic rings. The van der Waals surface area contributed by atoms with E-state index in [1.165, 1.54) is 24.1 Å². The molecule has 1 aromatic rings. The highest BCUT2D eigenvalue weighted by molar-refractivity contribution is 7.62. The maximum atomic E-state index is 14.6. The first kappa shape index (κ1) is 24.0. The van der Waals surface area contributed by atoms with E-state index in [9.17, 15) is 18.5 Å². The molecule has 166 valence electrons. The van der Waals surface area contributed by atoms with Crippen LogP contribution in [0, 0.1) is 18.8 Å². The molecule has 0 spiro atoms. The molecule has 1 saturated heterocycles. The summed E-state index contributed by atoms with van der Waals surface area (Å²) in [6.07, 6.45) is -0.610. The standard InChI is InChI=1S/C19H32FN2O6P/c1-11(2)15-13(9-14(20)29(5,6)25)28-18(16(15)27-8-7-26-4)22-10-12(3)17(23)21-19(22)24/h10-11,13-16,18H,7-9H2,1-6H3,(H,21,23,24)/t13-,14?,15?,16-,18-/m1/s1. The Morgan fingerprint density at radius 3 is 2.52 bits per heavy atom. The molecule has 1 aliphatic heterocycles. The van der Waals surface area contributed by atoms with E-state index in [-0.39, 0.29) is 24.9 Å². The molecule has 5 atom stereocenters. The normalized spacial score (nSPS) is 26.2. The Labute approximate surface area is 170 Å². The highest BCUT2D eigenvalue weighted by atomic mass is 31.2. The minimum Gasteiger partial charge on any atom is -0.382 e. The zero-order chi connectivity index (χ0) is 21.9. The first-order valence-corrected chi connectivity index (χ1v) is 12.4. The van der Waals surface area contributed by atoms with E-state index >= 15 is 0 Å². The van der Waals surface area contributed by atoms with Crippen LogP contribution in [-0.2, 0) is 18.8 Å². The molecule has 2 unspecified atom stereocenters. The lowest BCUT2D eigenvalue weighted by molar-refractivity contribution is -0.0770. The van der Waals surface area contributed by atoms with Crippen LogP contribution in [0.2, 0.25) is 0 Å². The van der Waals surface area contributed by atoms with Gasteiger partial charge in [-0.05, 0) is 26.2 Å². The molecule has 10 heteroatoms. The van der Waals surface area contributed by atoms with Gasteiger partial charge in [-0.1, -0.05) is 13.8 Å². The summed E-state index contributed by atoms with van der Waals surface area (Å²) in [5, 5.41) is 0. The molecule has 2 rings (SSSR count). The number of hydrogen-bond acceptors (Lipinski definition) is 6. The van der Waals surface area contributed by atoms with Gasteiger partial charge in [-0.3, -0.25) is 14.3 Å². The quantitative estimate of drug-likeness (QED) is 0.473. The van der Waals surface area contributed by atoms with Gasteiger partial charge in [0, 0.05) is 31.2 Å². The van der Waals surface area contributed by atoms with E-state index in [4.69, 9.17) is 14.2 Å². The van der Waals surface area contributed by atoms with Gasteiger partial charge in [0.05, 0.1) is 19.3 Å². The molecule has 0 radical (unpaired) electrons. The molecule has 2 heterocycles. The lowest BCUT2D eigenvalue weighted by atomic mass is 9.85. The zero-order valence-electron chi connectivity index (χ0n) is 17.9. The van der Waals surface area contributed by atoms with Gasteiger partial charge in [-0.25, -0.2) is 9.18 Å². The summed E-state index contributed by atoms with van der Waals surface area (Å²) >= 11 is 0. The van der Waals surface area contributed by atoms with Crippen molar-refractivity contribution in [2.75, 3.05) is 33.7 Å². The molecule has 0 bridgehead atoms. The average molecular weight is 434 g/mol.